The first-order valence-electron chi connectivity index (χ1n) is 6.63. The van der Waals surface area contributed by atoms with Gasteiger partial charge in [-0.2, -0.15) is 0 Å². The van der Waals surface area contributed by atoms with Gasteiger partial charge in [0.25, 0.3) is 0 Å². The smallest absolute Gasteiger partial charge is 0.237 e. The van der Waals surface area contributed by atoms with Gasteiger partial charge < -0.3 is 10.6 Å². The van der Waals surface area contributed by atoms with Crippen LogP contribution in [0.2, 0.25) is 0 Å². The van der Waals surface area contributed by atoms with Crippen LogP contribution < -0.4 is 10.6 Å². The lowest BCUT2D eigenvalue weighted by Crippen LogP contribution is -2.51. The summed E-state index contributed by atoms with van der Waals surface area (Å²) in [6.45, 7) is 10.2. The number of nitrogens with zero attached hydrogens (tertiary/aromatic N) is 1. The van der Waals surface area contributed by atoms with E-state index in [0.29, 0.717) is 6.04 Å². The summed E-state index contributed by atoms with van der Waals surface area (Å²) in [6, 6.07) is 0.503. The normalized spacial score (nSPS) is 22.4. The Morgan fingerprint density at radius 3 is 2.56 bits per heavy atom. The molecule has 0 bridgehead atoms. The summed E-state index contributed by atoms with van der Waals surface area (Å²) < 4.78 is 0. The molecule has 1 saturated heterocycles. The highest BCUT2D eigenvalue weighted by Crippen LogP contribution is 2.14. The molecular weight excluding hydrogens is 250 g/mol. The Bertz CT molecular complexity index is 271. The average Bonchev–Trinajstić information content (AvgIpc) is 2.76. The zero-order chi connectivity index (χ0) is 13.1. The Kier molecular flexibility index (Phi) is 7.18. The Hall–Kier alpha value is -0.320. The number of carbonyl (C=O) groups excluding carboxylic acids is 1. The molecule has 0 aromatic rings. The van der Waals surface area contributed by atoms with Crippen LogP contribution in [0.15, 0.2) is 0 Å². The van der Waals surface area contributed by atoms with Gasteiger partial charge in [-0.25, -0.2) is 0 Å². The van der Waals surface area contributed by atoms with E-state index < -0.39 is 0 Å². The molecule has 4 nitrogen and oxygen atoms in total. The van der Waals surface area contributed by atoms with Gasteiger partial charge in [0.05, 0.1) is 6.04 Å². The molecule has 5 heteroatoms. The maximum atomic E-state index is 12.1. The topological polar surface area (TPSA) is 44.4 Å². The number of nitrogens with one attached hydrogen (secondary N) is 2. The van der Waals surface area contributed by atoms with E-state index in [1.54, 1.807) is 0 Å². The highest BCUT2D eigenvalue weighted by molar-refractivity contribution is 5.85. The van der Waals surface area contributed by atoms with Gasteiger partial charge in [-0.15, -0.1) is 12.4 Å². The fraction of sp³-hybridized carbons (Fsp3) is 0.923. The van der Waals surface area contributed by atoms with Crippen molar-refractivity contribution in [3.05, 3.63) is 0 Å². The van der Waals surface area contributed by atoms with Crippen molar-refractivity contribution >= 4 is 18.3 Å². The second-order valence-corrected chi connectivity index (χ2v) is 5.67. The Labute approximate surface area is 117 Å². The lowest BCUT2D eigenvalue weighted by atomic mass is 10.0. The number of halogens is 1. The lowest BCUT2D eigenvalue weighted by molar-refractivity contribution is -0.127. The van der Waals surface area contributed by atoms with Crippen molar-refractivity contribution in [1.29, 1.82) is 0 Å². The van der Waals surface area contributed by atoms with E-state index in [9.17, 15) is 4.79 Å². The van der Waals surface area contributed by atoms with Crippen LogP contribution in [0.1, 0.15) is 40.5 Å². The van der Waals surface area contributed by atoms with E-state index in [1.165, 1.54) is 0 Å². The van der Waals surface area contributed by atoms with Gasteiger partial charge in [-0.3, -0.25) is 9.69 Å². The minimum Gasteiger partial charge on any atom is -0.350 e. The number of amides is 1. The minimum absolute atomic E-state index is 0. The number of rotatable bonds is 5. The zero-order valence-corrected chi connectivity index (χ0v) is 13.1. The van der Waals surface area contributed by atoms with E-state index in [0.717, 1.165) is 25.9 Å². The summed E-state index contributed by atoms with van der Waals surface area (Å²) in [5.41, 5.74) is -0.104. The first-order chi connectivity index (χ1) is 7.89. The molecule has 1 aliphatic rings. The maximum Gasteiger partial charge on any atom is 0.237 e. The van der Waals surface area contributed by atoms with Crippen molar-refractivity contribution in [1.82, 2.24) is 15.5 Å². The van der Waals surface area contributed by atoms with E-state index >= 15 is 0 Å². The van der Waals surface area contributed by atoms with Gasteiger partial charge in [0.15, 0.2) is 0 Å². The van der Waals surface area contributed by atoms with Gasteiger partial charge in [-0.1, -0.05) is 6.92 Å². The molecular formula is C13H28ClN3O. The molecule has 2 atom stereocenters. The first kappa shape index (κ1) is 17.7. The van der Waals surface area contributed by atoms with Crippen LogP contribution in [-0.4, -0.2) is 48.6 Å². The predicted octanol–water partition coefficient (Wildman–Crippen LogP) is 1.40. The average molecular weight is 278 g/mol. The van der Waals surface area contributed by atoms with Crippen LogP contribution in [0.3, 0.4) is 0 Å². The monoisotopic (exact) mass is 277 g/mol. The molecule has 0 spiro atoms. The number of carbonyl (C=O) groups is 1. The van der Waals surface area contributed by atoms with Gasteiger partial charge in [0.2, 0.25) is 5.91 Å². The summed E-state index contributed by atoms with van der Waals surface area (Å²) in [7, 11) is 1.99. The van der Waals surface area contributed by atoms with Crippen LogP contribution in [0.5, 0.6) is 0 Å². The second-order valence-electron chi connectivity index (χ2n) is 5.67. The maximum absolute atomic E-state index is 12.1. The third kappa shape index (κ3) is 4.75. The molecule has 108 valence electrons. The molecule has 1 aliphatic heterocycles. The minimum atomic E-state index is -0.104. The van der Waals surface area contributed by atoms with Crippen molar-refractivity contribution in [3.63, 3.8) is 0 Å². The summed E-state index contributed by atoms with van der Waals surface area (Å²) in [5, 5.41) is 6.39. The quantitative estimate of drug-likeness (QED) is 0.798. The van der Waals surface area contributed by atoms with Crippen molar-refractivity contribution in [3.8, 4) is 0 Å². The van der Waals surface area contributed by atoms with Gasteiger partial charge in [0, 0.05) is 24.7 Å². The Balaban J connectivity index is 0.00000289. The van der Waals surface area contributed by atoms with Gasteiger partial charge >= 0.3 is 0 Å². The van der Waals surface area contributed by atoms with Gasteiger partial charge in [-0.05, 0) is 40.7 Å². The molecule has 2 N–H and O–H groups in total. The molecule has 0 radical (unpaired) electrons. The predicted molar refractivity (Wildman–Crippen MR) is 78.3 cm³/mol. The molecule has 2 unspecified atom stereocenters. The van der Waals surface area contributed by atoms with E-state index in [-0.39, 0.29) is 29.9 Å². The molecule has 18 heavy (non-hydrogen) atoms. The molecule has 1 fully saturated rings. The second kappa shape index (κ2) is 7.31. The fourth-order valence-corrected chi connectivity index (χ4v) is 2.07. The third-order valence-corrected chi connectivity index (χ3v) is 3.90. The van der Waals surface area contributed by atoms with Crippen molar-refractivity contribution in [2.24, 2.45) is 0 Å². The number of hydrogen-bond acceptors (Lipinski definition) is 3. The molecule has 0 aliphatic carbocycles. The Morgan fingerprint density at radius 2 is 2.11 bits per heavy atom. The van der Waals surface area contributed by atoms with Crippen LogP contribution in [-0.2, 0) is 4.79 Å². The first-order valence-corrected chi connectivity index (χ1v) is 6.63. The van der Waals surface area contributed by atoms with E-state index in [4.69, 9.17) is 0 Å². The summed E-state index contributed by atoms with van der Waals surface area (Å²) in [4.78, 5) is 14.4. The Morgan fingerprint density at radius 1 is 1.50 bits per heavy atom. The molecule has 1 amide bonds. The van der Waals surface area contributed by atoms with E-state index in [1.807, 2.05) is 14.0 Å². The van der Waals surface area contributed by atoms with Crippen LogP contribution in [0, 0.1) is 0 Å². The highest BCUT2D eigenvalue weighted by atomic mass is 35.5. The summed E-state index contributed by atoms with van der Waals surface area (Å²) >= 11 is 0. The van der Waals surface area contributed by atoms with Crippen molar-refractivity contribution < 1.29 is 4.79 Å². The summed E-state index contributed by atoms with van der Waals surface area (Å²) in [6.07, 6.45) is 2.08. The number of likely N-dealkylation sites (N-methyl/N-ethyl adjacent to an activating group) is 1. The van der Waals surface area contributed by atoms with Crippen molar-refractivity contribution in [2.45, 2.75) is 58.2 Å². The standard InChI is InChI=1S/C13H27N3O.ClH/c1-6-13(3,4)15-12(17)10(2)16-8-7-11(9-16)14-5;/h10-11,14H,6-9H2,1-5H3,(H,15,17);1H. The van der Waals surface area contributed by atoms with Crippen LogP contribution in [0.25, 0.3) is 0 Å². The lowest BCUT2D eigenvalue weighted by Gasteiger charge is -2.30. The zero-order valence-electron chi connectivity index (χ0n) is 12.2. The molecule has 0 aromatic heterocycles. The molecule has 0 saturated carbocycles. The largest absolute Gasteiger partial charge is 0.350 e. The molecule has 0 aromatic carbocycles. The SMILES string of the molecule is CCC(C)(C)NC(=O)C(C)N1CCC(NC)C1.Cl. The number of hydrogen-bond donors (Lipinski definition) is 2. The van der Waals surface area contributed by atoms with Gasteiger partial charge in [0.1, 0.15) is 0 Å². The summed E-state index contributed by atoms with van der Waals surface area (Å²) in [5.74, 6) is 0.147. The van der Waals surface area contributed by atoms with Crippen molar-refractivity contribution in [2.75, 3.05) is 20.1 Å². The molecule has 1 heterocycles. The van der Waals surface area contributed by atoms with Crippen LogP contribution in [0.4, 0.5) is 0 Å². The highest BCUT2D eigenvalue weighted by Gasteiger charge is 2.30. The van der Waals surface area contributed by atoms with Crippen LogP contribution >= 0.6 is 12.4 Å². The number of likely N-dealkylation sites (tertiary alicyclic amines) is 1. The molecule has 1 rings (SSSR count). The third-order valence-electron chi connectivity index (χ3n) is 3.90. The van der Waals surface area contributed by atoms with E-state index in [2.05, 4.69) is 36.3 Å². The fourth-order valence-electron chi connectivity index (χ4n) is 2.07.